The Balaban J connectivity index is 2.21. The van der Waals surface area contributed by atoms with Crippen molar-refractivity contribution in [3.63, 3.8) is 0 Å². The highest BCUT2D eigenvalue weighted by Crippen LogP contribution is 2.24. The van der Waals surface area contributed by atoms with Crippen molar-refractivity contribution in [3.05, 3.63) is 62.6 Å². The van der Waals surface area contributed by atoms with E-state index in [0.717, 1.165) is 15.7 Å². The standard InChI is InChI=1S/C15H13BrClNO2/c1-9-12(15(19)20)3-2-4-14(9)18-8-10-7-11(16)5-6-13(10)17/h2-7,18H,8H2,1H3,(H,19,20). The summed E-state index contributed by atoms with van der Waals surface area (Å²) in [6.07, 6.45) is 0. The number of anilines is 1. The first-order valence-corrected chi connectivity index (χ1v) is 7.17. The lowest BCUT2D eigenvalue weighted by Gasteiger charge is -2.12. The Labute approximate surface area is 130 Å². The normalized spacial score (nSPS) is 10.3. The molecule has 2 aromatic rings. The van der Waals surface area contributed by atoms with Crippen LogP contribution in [0, 0.1) is 6.92 Å². The second-order valence-corrected chi connectivity index (χ2v) is 5.70. The number of hydrogen-bond donors (Lipinski definition) is 2. The fraction of sp³-hybridized carbons (Fsp3) is 0.133. The lowest BCUT2D eigenvalue weighted by atomic mass is 10.1. The van der Waals surface area contributed by atoms with Crippen LogP contribution in [0.15, 0.2) is 40.9 Å². The van der Waals surface area contributed by atoms with Gasteiger partial charge in [0.15, 0.2) is 0 Å². The lowest BCUT2D eigenvalue weighted by molar-refractivity contribution is 0.0696. The predicted molar refractivity (Wildman–Crippen MR) is 84.6 cm³/mol. The van der Waals surface area contributed by atoms with Gasteiger partial charge >= 0.3 is 5.97 Å². The van der Waals surface area contributed by atoms with Crippen LogP contribution in [0.4, 0.5) is 5.69 Å². The third-order valence-electron chi connectivity index (χ3n) is 3.04. The first-order chi connectivity index (χ1) is 9.49. The maximum atomic E-state index is 11.1. The summed E-state index contributed by atoms with van der Waals surface area (Å²) < 4.78 is 0.953. The predicted octanol–water partition coefficient (Wildman–Crippen LogP) is 4.72. The van der Waals surface area contributed by atoms with Crippen LogP contribution in [0.3, 0.4) is 0 Å². The molecule has 0 atom stereocenters. The van der Waals surface area contributed by atoms with Crippen LogP contribution in [-0.2, 0) is 6.54 Å². The van der Waals surface area contributed by atoms with Crippen molar-refractivity contribution in [3.8, 4) is 0 Å². The fourth-order valence-corrected chi connectivity index (χ4v) is 2.52. The van der Waals surface area contributed by atoms with E-state index in [1.807, 2.05) is 24.3 Å². The largest absolute Gasteiger partial charge is 0.478 e. The van der Waals surface area contributed by atoms with Gasteiger partial charge in [0, 0.05) is 21.7 Å². The van der Waals surface area contributed by atoms with Gasteiger partial charge in [-0.1, -0.05) is 33.6 Å². The first-order valence-electron chi connectivity index (χ1n) is 5.99. The topological polar surface area (TPSA) is 49.3 Å². The third kappa shape index (κ3) is 3.32. The van der Waals surface area contributed by atoms with E-state index in [1.54, 1.807) is 19.1 Å². The molecule has 0 amide bonds. The Morgan fingerprint density at radius 1 is 1.35 bits per heavy atom. The molecule has 0 aliphatic heterocycles. The van der Waals surface area contributed by atoms with Gasteiger partial charge in [-0.25, -0.2) is 4.79 Å². The molecule has 3 nitrogen and oxygen atoms in total. The summed E-state index contributed by atoms with van der Waals surface area (Å²) in [5, 5.41) is 13.0. The summed E-state index contributed by atoms with van der Waals surface area (Å²) in [7, 11) is 0. The Kier molecular flexibility index (Phi) is 4.68. The monoisotopic (exact) mass is 353 g/mol. The van der Waals surface area contributed by atoms with Crippen LogP contribution in [0.25, 0.3) is 0 Å². The molecule has 0 saturated carbocycles. The number of carboxylic acid groups (broad SMARTS) is 1. The van der Waals surface area contributed by atoms with Gasteiger partial charge in [0.25, 0.3) is 0 Å². The van der Waals surface area contributed by atoms with Gasteiger partial charge in [-0.15, -0.1) is 0 Å². The third-order valence-corrected chi connectivity index (χ3v) is 3.90. The molecule has 0 saturated heterocycles. The van der Waals surface area contributed by atoms with Crippen molar-refractivity contribution in [2.75, 3.05) is 5.32 Å². The van der Waals surface area contributed by atoms with Crippen LogP contribution in [-0.4, -0.2) is 11.1 Å². The summed E-state index contributed by atoms with van der Waals surface area (Å²) in [6, 6.07) is 10.8. The minimum absolute atomic E-state index is 0.301. The zero-order valence-corrected chi connectivity index (χ0v) is 13.1. The molecule has 0 spiro atoms. The SMILES string of the molecule is Cc1c(NCc2cc(Br)ccc2Cl)cccc1C(=O)O. The maximum absolute atomic E-state index is 11.1. The molecule has 0 unspecified atom stereocenters. The fourth-order valence-electron chi connectivity index (χ4n) is 1.93. The summed E-state index contributed by atoms with van der Waals surface area (Å²) in [5.74, 6) is -0.924. The summed E-state index contributed by atoms with van der Waals surface area (Å²) in [6.45, 7) is 2.32. The number of rotatable bonds is 4. The van der Waals surface area contributed by atoms with Crippen molar-refractivity contribution < 1.29 is 9.90 Å². The second-order valence-electron chi connectivity index (χ2n) is 4.37. The Bertz CT molecular complexity index is 658. The minimum Gasteiger partial charge on any atom is -0.478 e. The van der Waals surface area contributed by atoms with Crippen molar-refractivity contribution in [1.82, 2.24) is 0 Å². The smallest absolute Gasteiger partial charge is 0.336 e. The highest BCUT2D eigenvalue weighted by Gasteiger charge is 2.10. The van der Waals surface area contributed by atoms with Crippen molar-refractivity contribution in [1.29, 1.82) is 0 Å². The van der Waals surface area contributed by atoms with Crippen LogP contribution in [0.2, 0.25) is 5.02 Å². The quantitative estimate of drug-likeness (QED) is 0.835. The van der Waals surface area contributed by atoms with E-state index in [2.05, 4.69) is 21.2 Å². The number of carbonyl (C=O) groups is 1. The van der Waals surface area contributed by atoms with Crippen LogP contribution < -0.4 is 5.32 Å². The number of hydrogen-bond acceptors (Lipinski definition) is 2. The number of aromatic carboxylic acids is 1. The number of carboxylic acids is 1. The van der Waals surface area contributed by atoms with E-state index >= 15 is 0 Å². The van der Waals surface area contributed by atoms with Gasteiger partial charge in [0.2, 0.25) is 0 Å². The lowest BCUT2D eigenvalue weighted by Crippen LogP contribution is -2.06. The van der Waals surface area contributed by atoms with Crippen LogP contribution in [0.5, 0.6) is 0 Å². The van der Waals surface area contributed by atoms with Crippen LogP contribution in [0.1, 0.15) is 21.5 Å². The molecule has 20 heavy (non-hydrogen) atoms. The molecule has 2 aromatic carbocycles. The molecule has 2 N–H and O–H groups in total. The highest BCUT2D eigenvalue weighted by molar-refractivity contribution is 9.10. The number of halogens is 2. The van der Waals surface area contributed by atoms with Crippen molar-refractivity contribution >= 4 is 39.2 Å². The zero-order valence-electron chi connectivity index (χ0n) is 10.8. The molecule has 0 aliphatic carbocycles. The Hall–Kier alpha value is -1.52. The van der Waals surface area contributed by atoms with Gasteiger partial charge in [-0.3, -0.25) is 0 Å². The van der Waals surface area contributed by atoms with Gasteiger partial charge < -0.3 is 10.4 Å². The molecular formula is C15H13BrClNO2. The first kappa shape index (κ1) is 14.9. The molecule has 0 aliphatic rings. The molecule has 0 fully saturated rings. The van der Waals surface area contributed by atoms with Crippen molar-refractivity contribution in [2.45, 2.75) is 13.5 Å². The summed E-state index contributed by atoms with van der Waals surface area (Å²) in [4.78, 5) is 11.1. The highest BCUT2D eigenvalue weighted by atomic mass is 79.9. The average Bonchev–Trinajstić information content (AvgIpc) is 2.41. The molecule has 0 aromatic heterocycles. The Morgan fingerprint density at radius 2 is 2.10 bits per heavy atom. The number of nitrogens with one attached hydrogen (secondary N) is 1. The zero-order chi connectivity index (χ0) is 14.7. The molecule has 104 valence electrons. The summed E-state index contributed by atoms with van der Waals surface area (Å²) >= 11 is 9.53. The van der Waals surface area contributed by atoms with Gasteiger partial charge in [0.1, 0.15) is 0 Å². The minimum atomic E-state index is -0.924. The van der Waals surface area contributed by atoms with E-state index in [9.17, 15) is 4.79 Å². The van der Waals surface area contributed by atoms with E-state index in [4.69, 9.17) is 16.7 Å². The average molecular weight is 355 g/mol. The molecule has 0 radical (unpaired) electrons. The van der Waals surface area contributed by atoms with E-state index in [1.165, 1.54) is 0 Å². The molecule has 5 heteroatoms. The molecular weight excluding hydrogens is 342 g/mol. The van der Waals surface area contributed by atoms with Gasteiger partial charge in [-0.2, -0.15) is 0 Å². The van der Waals surface area contributed by atoms with E-state index in [-0.39, 0.29) is 0 Å². The summed E-state index contributed by atoms with van der Waals surface area (Å²) in [5.41, 5.74) is 2.75. The molecule has 0 bridgehead atoms. The Morgan fingerprint density at radius 3 is 2.80 bits per heavy atom. The van der Waals surface area contributed by atoms with Crippen LogP contribution >= 0.6 is 27.5 Å². The van der Waals surface area contributed by atoms with Gasteiger partial charge in [0.05, 0.1) is 5.56 Å². The maximum Gasteiger partial charge on any atom is 0.336 e. The van der Waals surface area contributed by atoms with Crippen molar-refractivity contribution in [2.24, 2.45) is 0 Å². The molecule has 0 heterocycles. The number of benzene rings is 2. The molecule has 2 rings (SSSR count). The van der Waals surface area contributed by atoms with Gasteiger partial charge in [-0.05, 0) is 48.4 Å². The second kappa shape index (κ2) is 6.29. The van der Waals surface area contributed by atoms with E-state index in [0.29, 0.717) is 22.7 Å². The van der Waals surface area contributed by atoms with E-state index < -0.39 is 5.97 Å².